The van der Waals surface area contributed by atoms with Crippen LogP contribution in [0.25, 0.3) is 0 Å². The van der Waals surface area contributed by atoms with Gasteiger partial charge in [-0.1, -0.05) is 24.3 Å². The minimum absolute atomic E-state index is 0.000749. The molecule has 0 atom stereocenters. The van der Waals surface area contributed by atoms with Gasteiger partial charge in [-0.25, -0.2) is 4.79 Å². The van der Waals surface area contributed by atoms with E-state index in [4.69, 9.17) is 5.11 Å². The number of amides is 1. The van der Waals surface area contributed by atoms with Crippen LogP contribution in [0.4, 0.5) is 31.1 Å². The number of carbonyl (C=O) groups is 1. The number of alkyl halides is 6. The summed E-state index contributed by atoms with van der Waals surface area (Å²) >= 11 is 0. The maximum absolute atomic E-state index is 12.5. The predicted octanol–water partition coefficient (Wildman–Crippen LogP) is 5.01. The van der Waals surface area contributed by atoms with Gasteiger partial charge in [-0.2, -0.15) is 0 Å². The molecule has 0 bridgehead atoms. The number of ether oxygens (including phenoxy) is 2. The minimum atomic E-state index is -4.98. The maximum Gasteiger partial charge on any atom is 0.573 e. The van der Waals surface area contributed by atoms with Crippen molar-refractivity contribution >= 4 is 6.09 Å². The quantitative estimate of drug-likeness (QED) is 0.681. The molecule has 28 heavy (non-hydrogen) atoms. The highest BCUT2D eigenvalue weighted by Crippen LogP contribution is 2.35. The van der Waals surface area contributed by atoms with Gasteiger partial charge in [0.25, 0.3) is 0 Å². The third kappa shape index (κ3) is 5.69. The molecule has 0 heterocycles. The van der Waals surface area contributed by atoms with Gasteiger partial charge in [-0.3, -0.25) is 0 Å². The molecule has 0 spiro atoms. The Kier molecular flexibility index (Phi) is 5.67. The molecule has 152 valence electrons. The van der Waals surface area contributed by atoms with Crippen LogP contribution in [0.15, 0.2) is 48.5 Å². The van der Waals surface area contributed by atoms with Crippen molar-refractivity contribution in [3.05, 3.63) is 59.7 Å². The van der Waals surface area contributed by atoms with Crippen LogP contribution in [-0.2, 0) is 5.54 Å². The van der Waals surface area contributed by atoms with Gasteiger partial charge in [0.15, 0.2) is 0 Å². The Balaban J connectivity index is 2.52. The summed E-state index contributed by atoms with van der Waals surface area (Å²) in [7, 11) is 0. The topological polar surface area (TPSA) is 67.8 Å². The van der Waals surface area contributed by atoms with Crippen molar-refractivity contribution in [2.45, 2.75) is 25.2 Å². The minimum Gasteiger partial charge on any atom is -0.465 e. The standard InChI is InChI=1S/C17H13F6NO4/c1-15(24-14(25)26,10-4-2-6-12(8-10)27-16(18,19)20)11-5-3-7-13(9-11)28-17(21,22)23/h2-9,24H,1H3,(H,25,26). The van der Waals surface area contributed by atoms with E-state index < -0.39 is 35.9 Å². The molecule has 2 rings (SSSR count). The first kappa shape index (κ1) is 21.2. The van der Waals surface area contributed by atoms with Crippen molar-refractivity contribution in [3.8, 4) is 11.5 Å². The van der Waals surface area contributed by atoms with Gasteiger partial charge in [0, 0.05) is 0 Å². The molecule has 2 aromatic rings. The summed E-state index contributed by atoms with van der Waals surface area (Å²) < 4.78 is 82.4. The molecule has 0 aromatic heterocycles. The van der Waals surface area contributed by atoms with Gasteiger partial charge in [0.1, 0.15) is 11.5 Å². The van der Waals surface area contributed by atoms with Crippen LogP contribution in [0.1, 0.15) is 18.1 Å². The summed E-state index contributed by atoms with van der Waals surface area (Å²) in [4.78, 5) is 11.3. The van der Waals surface area contributed by atoms with Crippen LogP contribution in [-0.4, -0.2) is 23.9 Å². The molecular formula is C17H13F6NO4. The van der Waals surface area contributed by atoms with Gasteiger partial charge >= 0.3 is 18.8 Å². The molecule has 2 aromatic carbocycles. The molecule has 0 aliphatic carbocycles. The molecule has 0 aliphatic rings. The summed E-state index contributed by atoms with van der Waals surface area (Å²) in [6.45, 7) is 1.28. The van der Waals surface area contributed by atoms with E-state index in [2.05, 4.69) is 14.8 Å². The molecule has 1 amide bonds. The Morgan fingerprint density at radius 3 is 1.57 bits per heavy atom. The Morgan fingerprint density at radius 2 is 1.25 bits per heavy atom. The second-order valence-corrected chi connectivity index (χ2v) is 5.71. The van der Waals surface area contributed by atoms with E-state index in [9.17, 15) is 31.1 Å². The largest absolute Gasteiger partial charge is 0.573 e. The monoisotopic (exact) mass is 409 g/mol. The third-order valence-electron chi connectivity index (χ3n) is 3.65. The molecule has 0 fully saturated rings. The van der Waals surface area contributed by atoms with Crippen molar-refractivity contribution in [2.24, 2.45) is 0 Å². The van der Waals surface area contributed by atoms with E-state index in [0.717, 1.165) is 24.3 Å². The lowest BCUT2D eigenvalue weighted by Gasteiger charge is -2.31. The van der Waals surface area contributed by atoms with Crippen LogP contribution >= 0.6 is 0 Å². The summed E-state index contributed by atoms with van der Waals surface area (Å²) in [5, 5.41) is 11.3. The fourth-order valence-corrected chi connectivity index (χ4v) is 2.53. The van der Waals surface area contributed by atoms with Gasteiger partial charge in [0.05, 0.1) is 5.54 Å². The van der Waals surface area contributed by atoms with E-state index in [1.165, 1.54) is 31.2 Å². The predicted molar refractivity (Wildman–Crippen MR) is 83.9 cm³/mol. The summed E-state index contributed by atoms with van der Waals surface area (Å²) in [6.07, 6.45) is -11.5. The third-order valence-corrected chi connectivity index (χ3v) is 3.65. The van der Waals surface area contributed by atoms with Crippen LogP contribution < -0.4 is 14.8 Å². The number of rotatable bonds is 5. The lowest BCUT2D eigenvalue weighted by atomic mass is 9.84. The van der Waals surface area contributed by atoms with Gasteiger partial charge in [-0.15, -0.1) is 26.3 Å². The Morgan fingerprint density at radius 1 is 0.857 bits per heavy atom. The average molecular weight is 409 g/mol. The fourth-order valence-electron chi connectivity index (χ4n) is 2.53. The molecule has 5 nitrogen and oxygen atoms in total. The number of hydrogen-bond acceptors (Lipinski definition) is 3. The van der Waals surface area contributed by atoms with E-state index in [0.29, 0.717) is 0 Å². The molecule has 0 saturated heterocycles. The number of hydrogen-bond donors (Lipinski definition) is 2. The van der Waals surface area contributed by atoms with E-state index in [-0.39, 0.29) is 11.1 Å². The van der Waals surface area contributed by atoms with Gasteiger partial charge < -0.3 is 19.9 Å². The molecule has 0 saturated carbocycles. The molecule has 11 heteroatoms. The van der Waals surface area contributed by atoms with Crippen molar-refractivity contribution in [1.29, 1.82) is 0 Å². The average Bonchev–Trinajstić information content (AvgIpc) is 2.51. The van der Waals surface area contributed by atoms with E-state index in [1.54, 1.807) is 0 Å². The zero-order valence-corrected chi connectivity index (χ0v) is 14.1. The Bertz CT molecular complexity index is 791. The lowest BCUT2D eigenvalue weighted by Crippen LogP contribution is -2.43. The summed E-state index contributed by atoms with van der Waals surface area (Å²) in [6, 6.07) is 8.85. The number of benzene rings is 2. The summed E-state index contributed by atoms with van der Waals surface area (Å²) in [5.74, 6) is -1.24. The smallest absolute Gasteiger partial charge is 0.465 e. The number of nitrogens with one attached hydrogen (secondary N) is 1. The number of halogens is 6. The lowest BCUT2D eigenvalue weighted by molar-refractivity contribution is -0.275. The molecule has 0 aliphatic heterocycles. The Hall–Kier alpha value is -3.11. The second-order valence-electron chi connectivity index (χ2n) is 5.71. The van der Waals surface area contributed by atoms with Crippen molar-refractivity contribution in [3.63, 3.8) is 0 Å². The highest BCUT2D eigenvalue weighted by atomic mass is 19.4. The Labute approximate surface area is 154 Å². The molecule has 0 unspecified atom stereocenters. The zero-order valence-electron chi connectivity index (χ0n) is 14.1. The fraction of sp³-hybridized carbons (Fsp3) is 0.235. The normalized spacial score (nSPS) is 12.4. The van der Waals surface area contributed by atoms with E-state index in [1.807, 2.05) is 0 Å². The van der Waals surface area contributed by atoms with Crippen molar-refractivity contribution in [1.82, 2.24) is 5.32 Å². The SMILES string of the molecule is CC(NC(=O)O)(c1cccc(OC(F)(F)F)c1)c1cccc(OC(F)(F)F)c1. The number of carboxylic acid groups (broad SMARTS) is 1. The van der Waals surface area contributed by atoms with Gasteiger partial charge in [0.2, 0.25) is 0 Å². The van der Waals surface area contributed by atoms with Crippen LogP contribution in [0, 0.1) is 0 Å². The maximum atomic E-state index is 12.5. The van der Waals surface area contributed by atoms with Crippen LogP contribution in [0.5, 0.6) is 11.5 Å². The van der Waals surface area contributed by atoms with Gasteiger partial charge in [-0.05, 0) is 42.3 Å². The highest BCUT2D eigenvalue weighted by Gasteiger charge is 2.35. The first-order valence-electron chi connectivity index (χ1n) is 7.52. The van der Waals surface area contributed by atoms with E-state index >= 15 is 0 Å². The molecular weight excluding hydrogens is 396 g/mol. The second kappa shape index (κ2) is 7.49. The molecule has 2 N–H and O–H groups in total. The van der Waals surface area contributed by atoms with Crippen LogP contribution in [0.3, 0.4) is 0 Å². The first-order chi connectivity index (χ1) is 12.8. The van der Waals surface area contributed by atoms with Crippen molar-refractivity contribution in [2.75, 3.05) is 0 Å². The summed E-state index contributed by atoms with van der Waals surface area (Å²) in [5.41, 5.74) is -1.71. The first-order valence-corrected chi connectivity index (χ1v) is 7.52. The molecule has 0 radical (unpaired) electrons. The van der Waals surface area contributed by atoms with Crippen LogP contribution in [0.2, 0.25) is 0 Å². The van der Waals surface area contributed by atoms with Crippen molar-refractivity contribution < 1.29 is 45.7 Å². The highest BCUT2D eigenvalue weighted by molar-refractivity contribution is 5.67. The zero-order chi connectivity index (χ0) is 21.2.